The van der Waals surface area contributed by atoms with Crippen LogP contribution >= 0.6 is 0 Å². The van der Waals surface area contributed by atoms with Crippen molar-refractivity contribution in [3.05, 3.63) is 32.8 Å². The number of aryl methyl sites for hydroxylation is 1. The molecule has 0 spiro atoms. The van der Waals surface area contributed by atoms with Gasteiger partial charge in [0.25, 0.3) is 11.1 Å². The molecule has 0 radical (unpaired) electrons. The van der Waals surface area contributed by atoms with Crippen molar-refractivity contribution in [2.24, 2.45) is 5.92 Å². The quantitative estimate of drug-likeness (QED) is 0.735. The van der Waals surface area contributed by atoms with Crippen LogP contribution in [0, 0.1) is 5.92 Å². The second-order valence-electron chi connectivity index (χ2n) is 5.66. The van der Waals surface area contributed by atoms with Crippen LogP contribution in [-0.4, -0.2) is 44.4 Å². The number of carbonyl (C=O) groups is 1. The first-order chi connectivity index (χ1) is 9.48. The summed E-state index contributed by atoms with van der Waals surface area (Å²) in [6.45, 7) is 1.19. The lowest BCUT2D eigenvalue weighted by Gasteiger charge is -2.30. The second-order valence-corrected chi connectivity index (χ2v) is 5.66. The van der Waals surface area contributed by atoms with Crippen LogP contribution in [0.5, 0.6) is 0 Å². The molecule has 2 heterocycles. The molecule has 0 aromatic carbocycles. The van der Waals surface area contributed by atoms with E-state index in [1.165, 1.54) is 6.07 Å². The number of β-amino-alcohol motifs (C(OH)–C–C–N with tert-alkyl or cyclic N) is 1. The van der Waals surface area contributed by atoms with Crippen LogP contribution in [0.15, 0.2) is 21.7 Å². The van der Waals surface area contributed by atoms with Gasteiger partial charge in [-0.25, -0.2) is 4.68 Å². The van der Waals surface area contributed by atoms with Crippen LogP contribution in [0.2, 0.25) is 0 Å². The number of amides is 1. The molecule has 20 heavy (non-hydrogen) atoms. The van der Waals surface area contributed by atoms with E-state index >= 15 is 0 Å². The largest absolute Gasteiger partial charge is 0.388 e. The Morgan fingerprint density at radius 1 is 1.45 bits per heavy atom. The van der Waals surface area contributed by atoms with Crippen molar-refractivity contribution in [1.29, 1.82) is 0 Å². The van der Waals surface area contributed by atoms with Gasteiger partial charge in [0.05, 0.1) is 12.1 Å². The summed E-state index contributed by atoms with van der Waals surface area (Å²) in [6, 6.07) is 2.34. The molecular weight excluding hydrogens is 262 g/mol. The lowest BCUT2D eigenvalue weighted by molar-refractivity contribution is -0.135. The third-order valence-electron chi connectivity index (χ3n) is 4.20. The maximum absolute atomic E-state index is 12.1. The van der Waals surface area contributed by atoms with E-state index in [0.29, 0.717) is 19.0 Å². The number of fused-ring (bicyclic) bond motifs is 1. The maximum atomic E-state index is 12.1. The molecule has 108 valence electrons. The van der Waals surface area contributed by atoms with Gasteiger partial charge in [0.1, 0.15) is 0 Å². The minimum absolute atomic E-state index is 0.0969. The van der Waals surface area contributed by atoms with Crippen molar-refractivity contribution < 1.29 is 9.90 Å². The SMILES string of the molecule is O=C(CCn1[nH]c(=O)ccc1=O)N1CC[C@@H]2C[C@]2(O)C1. The van der Waals surface area contributed by atoms with Crippen LogP contribution in [0.4, 0.5) is 0 Å². The number of carbonyl (C=O) groups excluding carboxylic acids is 1. The molecule has 2 atom stereocenters. The first kappa shape index (κ1) is 13.1. The topological polar surface area (TPSA) is 95.4 Å². The van der Waals surface area contributed by atoms with Gasteiger partial charge in [-0.15, -0.1) is 0 Å². The Hall–Kier alpha value is -1.89. The van der Waals surface area contributed by atoms with Crippen LogP contribution in [0.25, 0.3) is 0 Å². The van der Waals surface area contributed by atoms with Gasteiger partial charge in [-0.1, -0.05) is 0 Å². The number of aromatic nitrogens is 2. The van der Waals surface area contributed by atoms with Crippen molar-refractivity contribution in [2.45, 2.75) is 31.4 Å². The molecule has 1 saturated carbocycles. The zero-order chi connectivity index (χ0) is 14.3. The minimum Gasteiger partial charge on any atom is -0.388 e. The number of nitrogens with one attached hydrogen (secondary N) is 1. The Bertz CT molecular complexity index is 650. The number of hydrogen-bond acceptors (Lipinski definition) is 4. The molecule has 0 bridgehead atoms. The molecule has 0 unspecified atom stereocenters. The summed E-state index contributed by atoms with van der Waals surface area (Å²) in [6.07, 6.45) is 1.76. The smallest absolute Gasteiger partial charge is 0.265 e. The molecule has 2 fully saturated rings. The van der Waals surface area contributed by atoms with E-state index in [2.05, 4.69) is 5.10 Å². The van der Waals surface area contributed by atoms with E-state index in [0.717, 1.165) is 23.6 Å². The van der Waals surface area contributed by atoms with Gasteiger partial charge in [-0.3, -0.25) is 19.5 Å². The highest BCUT2D eigenvalue weighted by molar-refractivity contribution is 5.76. The third kappa shape index (κ3) is 2.40. The number of hydrogen-bond donors (Lipinski definition) is 2. The summed E-state index contributed by atoms with van der Waals surface area (Å²) < 4.78 is 1.14. The molecule has 1 aliphatic heterocycles. The molecular formula is C13H17N3O4. The molecule has 1 amide bonds. The zero-order valence-electron chi connectivity index (χ0n) is 11.0. The van der Waals surface area contributed by atoms with Crippen molar-refractivity contribution >= 4 is 5.91 Å². The van der Waals surface area contributed by atoms with Crippen molar-refractivity contribution in [2.75, 3.05) is 13.1 Å². The molecule has 1 aromatic rings. The predicted octanol–water partition coefficient (Wildman–Crippen LogP) is -1.09. The maximum Gasteiger partial charge on any atom is 0.265 e. The Kier molecular flexibility index (Phi) is 3.01. The normalized spacial score (nSPS) is 28.1. The van der Waals surface area contributed by atoms with E-state index in [1.807, 2.05) is 0 Å². The number of aromatic amines is 1. The summed E-state index contributed by atoms with van der Waals surface area (Å²) in [4.78, 5) is 36.4. The fourth-order valence-corrected chi connectivity index (χ4v) is 2.86. The Labute approximate surface area is 114 Å². The van der Waals surface area contributed by atoms with E-state index in [9.17, 15) is 19.5 Å². The Morgan fingerprint density at radius 2 is 2.25 bits per heavy atom. The second kappa shape index (κ2) is 4.59. The van der Waals surface area contributed by atoms with Crippen molar-refractivity contribution in [3.8, 4) is 0 Å². The number of nitrogens with zero attached hydrogens (tertiary/aromatic N) is 2. The number of H-pyrrole nitrogens is 1. The molecule has 7 heteroatoms. The highest BCUT2D eigenvalue weighted by Crippen LogP contribution is 2.49. The van der Waals surface area contributed by atoms with Gasteiger partial charge in [0.15, 0.2) is 0 Å². The lowest BCUT2D eigenvalue weighted by atomic mass is 10.1. The molecule has 1 aliphatic carbocycles. The van der Waals surface area contributed by atoms with E-state index < -0.39 is 5.60 Å². The summed E-state index contributed by atoms with van der Waals surface area (Å²) >= 11 is 0. The highest BCUT2D eigenvalue weighted by Gasteiger charge is 2.56. The summed E-state index contributed by atoms with van der Waals surface area (Å²) in [5.41, 5.74) is -1.38. The lowest BCUT2D eigenvalue weighted by Crippen LogP contribution is -2.44. The molecule has 2 aliphatic rings. The van der Waals surface area contributed by atoms with Gasteiger partial charge in [-0.2, -0.15) is 0 Å². The first-order valence-corrected chi connectivity index (χ1v) is 6.78. The summed E-state index contributed by atoms with van der Waals surface area (Å²) in [5, 5.41) is 12.4. The summed E-state index contributed by atoms with van der Waals surface area (Å²) in [7, 11) is 0. The van der Waals surface area contributed by atoms with Crippen LogP contribution in [-0.2, 0) is 11.3 Å². The summed E-state index contributed by atoms with van der Waals surface area (Å²) in [5.74, 6) is 0.250. The number of rotatable bonds is 3. The average molecular weight is 279 g/mol. The van der Waals surface area contributed by atoms with Gasteiger partial charge in [0, 0.05) is 31.6 Å². The van der Waals surface area contributed by atoms with Gasteiger partial charge < -0.3 is 10.0 Å². The Morgan fingerprint density at radius 3 is 3.00 bits per heavy atom. The van der Waals surface area contributed by atoms with Crippen molar-refractivity contribution in [3.63, 3.8) is 0 Å². The monoisotopic (exact) mass is 279 g/mol. The van der Waals surface area contributed by atoms with E-state index in [-0.39, 0.29) is 30.0 Å². The predicted molar refractivity (Wildman–Crippen MR) is 70.2 cm³/mol. The molecule has 2 N–H and O–H groups in total. The first-order valence-electron chi connectivity index (χ1n) is 6.78. The van der Waals surface area contributed by atoms with E-state index in [4.69, 9.17) is 0 Å². The van der Waals surface area contributed by atoms with Gasteiger partial charge >= 0.3 is 0 Å². The molecule has 1 saturated heterocycles. The minimum atomic E-state index is -0.675. The van der Waals surface area contributed by atoms with Gasteiger partial charge in [0.2, 0.25) is 5.91 Å². The standard InChI is InChI=1S/C13H17N3O4/c17-10-1-2-12(19)16(14-10)6-4-11(18)15-5-3-9-7-13(9,20)8-15/h1-2,9,20H,3-8H2,(H,14,17)/t9-,13+/m1/s1. The van der Waals surface area contributed by atoms with E-state index in [1.54, 1.807) is 4.90 Å². The third-order valence-corrected chi connectivity index (χ3v) is 4.20. The highest BCUT2D eigenvalue weighted by atomic mass is 16.3. The fourth-order valence-electron chi connectivity index (χ4n) is 2.86. The van der Waals surface area contributed by atoms with Gasteiger partial charge in [-0.05, 0) is 18.8 Å². The van der Waals surface area contributed by atoms with Crippen LogP contribution < -0.4 is 11.1 Å². The average Bonchev–Trinajstić information content (AvgIpc) is 3.10. The molecule has 7 nitrogen and oxygen atoms in total. The molecule has 1 aromatic heterocycles. The number of piperidine rings is 1. The van der Waals surface area contributed by atoms with Crippen LogP contribution in [0.3, 0.4) is 0 Å². The Balaban J connectivity index is 1.61. The van der Waals surface area contributed by atoms with Crippen LogP contribution in [0.1, 0.15) is 19.3 Å². The van der Waals surface area contributed by atoms with Crippen molar-refractivity contribution in [1.82, 2.24) is 14.7 Å². The number of likely N-dealkylation sites (tertiary alicyclic amines) is 1. The zero-order valence-corrected chi connectivity index (χ0v) is 11.0. The number of aliphatic hydroxyl groups is 1. The molecule has 3 rings (SSSR count). The fraction of sp³-hybridized carbons (Fsp3) is 0.615.